The Balaban J connectivity index is 1.89. The third kappa shape index (κ3) is 5.34. The van der Waals surface area contributed by atoms with Gasteiger partial charge in [0.15, 0.2) is 0 Å². The smallest absolute Gasteiger partial charge is 0.124 e. The lowest BCUT2D eigenvalue weighted by Gasteiger charge is -2.13. The number of ether oxygens (including phenoxy) is 1. The molecule has 0 radical (unpaired) electrons. The highest BCUT2D eigenvalue weighted by atomic mass is 35.5. The average Bonchev–Trinajstić information content (AvgIpc) is 2.55. The topological polar surface area (TPSA) is 41.5 Å². The van der Waals surface area contributed by atoms with Crippen molar-refractivity contribution in [1.29, 1.82) is 0 Å². The molecule has 0 heterocycles. The van der Waals surface area contributed by atoms with Crippen molar-refractivity contribution in [3.63, 3.8) is 0 Å². The summed E-state index contributed by atoms with van der Waals surface area (Å²) in [4.78, 5) is 0. The summed E-state index contributed by atoms with van der Waals surface area (Å²) in [7, 11) is 0. The molecule has 0 aliphatic carbocycles. The summed E-state index contributed by atoms with van der Waals surface area (Å²) in [6.07, 6.45) is 1.80. The van der Waals surface area contributed by atoms with Crippen LogP contribution in [0, 0.1) is 0 Å². The highest BCUT2D eigenvalue weighted by molar-refractivity contribution is 6.31. The molecule has 0 unspecified atom stereocenters. The van der Waals surface area contributed by atoms with Gasteiger partial charge in [-0.15, -0.1) is 0 Å². The first-order valence-electron chi connectivity index (χ1n) is 7.57. The first-order valence-corrected chi connectivity index (χ1v) is 7.94. The van der Waals surface area contributed by atoms with E-state index in [4.69, 9.17) is 21.4 Å². The molecule has 0 aliphatic rings. The molecule has 4 heteroatoms. The molecule has 2 aromatic rings. The molecule has 0 spiro atoms. The molecule has 2 rings (SSSR count). The summed E-state index contributed by atoms with van der Waals surface area (Å²) in [5.41, 5.74) is 2.11. The van der Waals surface area contributed by atoms with E-state index in [1.54, 1.807) is 0 Å². The van der Waals surface area contributed by atoms with Crippen LogP contribution >= 0.6 is 11.6 Å². The molecule has 0 atom stereocenters. The zero-order valence-electron chi connectivity index (χ0n) is 12.6. The van der Waals surface area contributed by atoms with Crippen molar-refractivity contribution in [3.05, 3.63) is 64.7 Å². The number of benzene rings is 2. The predicted molar refractivity (Wildman–Crippen MR) is 90.3 cm³/mol. The zero-order valence-corrected chi connectivity index (χ0v) is 13.4. The van der Waals surface area contributed by atoms with Gasteiger partial charge in [0.25, 0.3) is 0 Å². The third-order valence-corrected chi connectivity index (χ3v) is 3.76. The number of aliphatic hydroxyl groups excluding tert-OH is 1. The van der Waals surface area contributed by atoms with Crippen LogP contribution in [0.4, 0.5) is 0 Å². The number of para-hydroxylation sites is 1. The van der Waals surface area contributed by atoms with E-state index in [2.05, 4.69) is 11.4 Å². The average molecular weight is 320 g/mol. The lowest BCUT2D eigenvalue weighted by atomic mass is 10.2. The minimum Gasteiger partial charge on any atom is -0.489 e. The van der Waals surface area contributed by atoms with E-state index in [0.29, 0.717) is 6.61 Å². The second-order valence-corrected chi connectivity index (χ2v) is 5.50. The molecule has 0 amide bonds. The second kappa shape index (κ2) is 9.46. The largest absolute Gasteiger partial charge is 0.489 e. The van der Waals surface area contributed by atoms with E-state index in [1.807, 2.05) is 42.5 Å². The second-order valence-electron chi connectivity index (χ2n) is 5.10. The molecule has 2 N–H and O–H groups in total. The quantitative estimate of drug-likeness (QED) is 0.691. The monoisotopic (exact) mass is 319 g/mol. The van der Waals surface area contributed by atoms with E-state index in [-0.39, 0.29) is 6.61 Å². The Morgan fingerprint density at radius 1 is 0.955 bits per heavy atom. The van der Waals surface area contributed by atoms with E-state index < -0.39 is 0 Å². The summed E-state index contributed by atoms with van der Waals surface area (Å²) in [6.45, 7) is 2.35. The van der Waals surface area contributed by atoms with Gasteiger partial charge in [0, 0.05) is 29.3 Å². The Kier molecular flexibility index (Phi) is 7.23. The van der Waals surface area contributed by atoms with Crippen LogP contribution in [0.1, 0.15) is 24.0 Å². The van der Waals surface area contributed by atoms with Gasteiger partial charge in [-0.3, -0.25) is 0 Å². The van der Waals surface area contributed by atoms with Crippen LogP contribution < -0.4 is 10.1 Å². The molecule has 0 aromatic heterocycles. The first-order chi connectivity index (χ1) is 10.8. The predicted octanol–water partition coefficient (Wildman–Crippen LogP) is 3.78. The number of nitrogens with one attached hydrogen (secondary N) is 1. The van der Waals surface area contributed by atoms with Crippen molar-refractivity contribution in [2.45, 2.75) is 26.0 Å². The van der Waals surface area contributed by atoms with Gasteiger partial charge < -0.3 is 15.2 Å². The molecule has 0 saturated heterocycles. The van der Waals surface area contributed by atoms with Crippen LogP contribution in [0.25, 0.3) is 0 Å². The van der Waals surface area contributed by atoms with Gasteiger partial charge in [-0.1, -0.05) is 48.0 Å². The van der Waals surface area contributed by atoms with Gasteiger partial charge in [0.05, 0.1) is 0 Å². The van der Waals surface area contributed by atoms with Crippen molar-refractivity contribution < 1.29 is 9.84 Å². The first kappa shape index (κ1) is 16.8. The van der Waals surface area contributed by atoms with Crippen molar-refractivity contribution in [2.24, 2.45) is 0 Å². The molecular formula is C18H22ClNO2. The summed E-state index contributed by atoms with van der Waals surface area (Å²) >= 11 is 6.15. The third-order valence-electron chi connectivity index (χ3n) is 3.39. The SMILES string of the molecule is OCCCCNCc1ccccc1OCc1ccccc1Cl. The molecule has 22 heavy (non-hydrogen) atoms. The van der Waals surface area contributed by atoms with Gasteiger partial charge in [0.2, 0.25) is 0 Å². The standard InChI is InChI=1S/C18H22ClNO2/c19-17-9-3-1-8-16(17)14-22-18-10-4-2-7-15(18)13-20-11-5-6-12-21/h1-4,7-10,20-21H,5-6,11-14H2. The Morgan fingerprint density at radius 2 is 1.68 bits per heavy atom. The number of halogens is 1. The van der Waals surface area contributed by atoms with E-state index >= 15 is 0 Å². The van der Waals surface area contributed by atoms with Gasteiger partial charge in [-0.25, -0.2) is 0 Å². The van der Waals surface area contributed by atoms with Crippen LogP contribution in [-0.2, 0) is 13.2 Å². The Labute approximate surface area is 136 Å². The Morgan fingerprint density at radius 3 is 2.45 bits per heavy atom. The van der Waals surface area contributed by atoms with E-state index in [1.165, 1.54) is 0 Å². The van der Waals surface area contributed by atoms with Gasteiger partial charge in [-0.05, 0) is 31.5 Å². The maximum Gasteiger partial charge on any atom is 0.124 e. The Bertz CT molecular complexity index is 575. The summed E-state index contributed by atoms with van der Waals surface area (Å²) in [5, 5.41) is 12.9. The summed E-state index contributed by atoms with van der Waals surface area (Å²) in [6, 6.07) is 15.7. The van der Waals surface area contributed by atoms with Gasteiger partial charge in [0.1, 0.15) is 12.4 Å². The van der Waals surface area contributed by atoms with Gasteiger partial charge in [-0.2, -0.15) is 0 Å². The van der Waals surface area contributed by atoms with Crippen molar-refractivity contribution >= 4 is 11.6 Å². The Hall–Kier alpha value is -1.55. The van der Waals surface area contributed by atoms with Crippen LogP contribution in [0.15, 0.2) is 48.5 Å². The lowest BCUT2D eigenvalue weighted by Crippen LogP contribution is -2.15. The molecule has 0 saturated carbocycles. The van der Waals surface area contributed by atoms with Crippen LogP contribution in [-0.4, -0.2) is 18.3 Å². The molecule has 0 bridgehead atoms. The van der Waals surface area contributed by atoms with Crippen LogP contribution in [0.2, 0.25) is 5.02 Å². The normalized spacial score (nSPS) is 10.6. The molecule has 0 aliphatic heterocycles. The number of hydrogen-bond donors (Lipinski definition) is 2. The highest BCUT2D eigenvalue weighted by Gasteiger charge is 2.05. The molecular weight excluding hydrogens is 298 g/mol. The number of aliphatic hydroxyl groups is 1. The highest BCUT2D eigenvalue weighted by Crippen LogP contribution is 2.21. The maximum atomic E-state index is 8.77. The van der Waals surface area contributed by atoms with Crippen molar-refractivity contribution in [3.8, 4) is 5.75 Å². The van der Waals surface area contributed by atoms with Crippen molar-refractivity contribution in [2.75, 3.05) is 13.2 Å². The fraction of sp³-hybridized carbons (Fsp3) is 0.333. The fourth-order valence-corrected chi connectivity index (χ4v) is 2.34. The zero-order chi connectivity index (χ0) is 15.6. The fourth-order valence-electron chi connectivity index (χ4n) is 2.15. The lowest BCUT2D eigenvalue weighted by molar-refractivity contribution is 0.283. The molecule has 3 nitrogen and oxygen atoms in total. The summed E-state index contributed by atoms with van der Waals surface area (Å²) < 4.78 is 5.92. The molecule has 2 aromatic carbocycles. The van der Waals surface area contributed by atoms with Crippen molar-refractivity contribution in [1.82, 2.24) is 5.32 Å². The van der Waals surface area contributed by atoms with Crippen LogP contribution in [0.3, 0.4) is 0 Å². The molecule has 118 valence electrons. The van der Waals surface area contributed by atoms with E-state index in [9.17, 15) is 0 Å². The van der Waals surface area contributed by atoms with Gasteiger partial charge >= 0.3 is 0 Å². The van der Waals surface area contributed by atoms with E-state index in [0.717, 1.165) is 47.8 Å². The number of hydrogen-bond acceptors (Lipinski definition) is 3. The minimum atomic E-state index is 0.249. The molecule has 0 fully saturated rings. The number of rotatable bonds is 9. The maximum absolute atomic E-state index is 8.77. The summed E-state index contributed by atoms with van der Waals surface area (Å²) in [5.74, 6) is 0.872. The number of unbranched alkanes of at least 4 members (excludes halogenated alkanes) is 1. The minimum absolute atomic E-state index is 0.249. The van der Waals surface area contributed by atoms with Crippen LogP contribution in [0.5, 0.6) is 5.75 Å².